The van der Waals surface area contributed by atoms with Crippen LogP contribution in [0.2, 0.25) is 5.02 Å². The molecule has 0 saturated heterocycles. The Hall–Kier alpha value is -2.32. The number of benzene rings is 1. The lowest BCUT2D eigenvalue weighted by Crippen LogP contribution is -2.33. The molecule has 9 heteroatoms. The SMILES string of the molecule is CCOCCOc1ccc(/C=N/N(OC(C)=O)C(=N)N)cc1Cl. The fourth-order valence-corrected chi connectivity index (χ4v) is 1.69. The molecule has 126 valence electrons. The second-order valence-electron chi connectivity index (χ2n) is 4.22. The molecule has 0 saturated carbocycles. The minimum Gasteiger partial charge on any atom is -0.490 e. The summed E-state index contributed by atoms with van der Waals surface area (Å²) in [5, 5.41) is 12.0. The summed E-state index contributed by atoms with van der Waals surface area (Å²) in [4.78, 5) is 15.5. The maximum absolute atomic E-state index is 10.9. The molecule has 1 rings (SSSR count). The summed E-state index contributed by atoms with van der Waals surface area (Å²) in [6.45, 7) is 4.58. The van der Waals surface area contributed by atoms with Crippen LogP contribution in [0.25, 0.3) is 0 Å². The van der Waals surface area contributed by atoms with Crippen molar-refractivity contribution in [3.8, 4) is 5.75 Å². The molecular formula is C14H19ClN4O4. The topological polar surface area (TPSA) is 110 Å². The highest BCUT2D eigenvalue weighted by Crippen LogP contribution is 2.24. The first-order valence-electron chi connectivity index (χ1n) is 6.80. The number of carbonyl (C=O) groups excluding carboxylic acids is 1. The Labute approximate surface area is 139 Å². The third kappa shape index (κ3) is 6.98. The molecule has 0 atom stereocenters. The quantitative estimate of drug-likeness (QED) is 0.338. The van der Waals surface area contributed by atoms with E-state index in [0.717, 1.165) is 0 Å². The highest BCUT2D eigenvalue weighted by Gasteiger charge is 2.08. The van der Waals surface area contributed by atoms with E-state index in [1.54, 1.807) is 18.2 Å². The van der Waals surface area contributed by atoms with E-state index in [0.29, 0.717) is 41.3 Å². The van der Waals surface area contributed by atoms with E-state index in [-0.39, 0.29) is 0 Å². The second kappa shape index (κ2) is 9.65. The zero-order chi connectivity index (χ0) is 17.2. The van der Waals surface area contributed by atoms with Gasteiger partial charge in [-0.2, -0.15) is 0 Å². The van der Waals surface area contributed by atoms with E-state index < -0.39 is 11.9 Å². The average Bonchev–Trinajstić information content (AvgIpc) is 2.49. The van der Waals surface area contributed by atoms with Crippen molar-refractivity contribution < 1.29 is 19.1 Å². The first-order valence-corrected chi connectivity index (χ1v) is 7.18. The summed E-state index contributed by atoms with van der Waals surface area (Å²) < 4.78 is 10.6. The highest BCUT2D eigenvalue weighted by molar-refractivity contribution is 6.32. The van der Waals surface area contributed by atoms with Gasteiger partial charge in [-0.05, 0) is 30.7 Å². The van der Waals surface area contributed by atoms with Gasteiger partial charge in [-0.3, -0.25) is 5.41 Å². The third-order valence-corrected chi connectivity index (χ3v) is 2.67. The van der Waals surface area contributed by atoms with Crippen molar-refractivity contribution in [1.29, 1.82) is 5.41 Å². The lowest BCUT2D eigenvalue weighted by Gasteiger charge is -2.13. The summed E-state index contributed by atoms with van der Waals surface area (Å²) in [6.07, 6.45) is 1.35. The molecule has 0 aromatic heterocycles. The number of halogens is 1. The smallest absolute Gasteiger partial charge is 0.332 e. The van der Waals surface area contributed by atoms with Crippen molar-refractivity contribution in [2.24, 2.45) is 10.8 Å². The van der Waals surface area contributed by atoms with Gasteiger partial charge in [-0.1, -0.05) is 16.8 Å². The van der Waals surface area contributed by atoms with Crippen LogP contribution in [-0.2, 0) is 14.4 Å². The van der Waals surface area contributed by atoms with Gasteiger partial charge in [-0.15, -0.1) is 5.10 Å². The number of ether oxygens (including phenoxy) is 2. The number of hydroxylamine groups is 1. The van der Waals surface area contributed by atoms with Crippen LogP contribution in [0.15, 0.2) is 23.3 Å². The van der Waals surface area contributed by atoms with Crippen molar-refractivity contribution in [3.63, 3.8) is 0 Å². The largest absolute Gasteiger partial charge is 0.490 e. The van der Waals surface area contributed by atoms with Crippen molar-refractivity contribution in [3.05, 3.63) is 28.8 Å². The summed E-state index contributed by atoms with van der Waals surface area (Å²) in [6, 6.07) is 5.00. The highest BCUT2D eigenvalue weighted by atomic mass is 35.5. The molecule has 1 aromatic rings. The number of hydrogen-bond acceptors (Lipinski definition) is 6. The van der Waals surface area contributed by atoms with Crippen molar-refractivity contribution in [2.75, 3.05) is 19.8 Å². The molecule has 3 N–H and O–H groups in total. The first-order chi connectivity index (χ1) is 10.9. The summed E-state index contributed by atoms with van der Waals surface area (Å²) >= 11 is 6.11. The third-order valence-electron chi connectivity index (χ3n) is 2.38. The van der Waals surface area contributed by atoms with Gasteiger partial charge in [0.25, 0.3) is 0 Å². The zero-order valence-corrected chi connectivity index (χ0v) is 13.7. The van der Waals surface area contributed by atoms with E-state index in [2.05, 4.69) is 9.94 Å². The van der Waals surface area contributed by atoms with Gasteiger partial charge in [0.2, 0.25) is 5.96 Å². The van der Waals surface area contributed by atoms with Crippen LogP contribution in [0.1, 0.15) is 19.4 Å². The maximum Gasteiger partial charge on any atom is 0.332 e. The van der Waals surface area contributed by atoms with Gasteiger partial charge in [0, 0.05) is 13.5 Å². The van der Waals surface area contributed by atoms with Crippen molar-refractivity contribution in [2.45, 2.75) is 13.8 Å². The van der Waals surface area contributed by atoms with Crippen molar-refractivity contribution in [1.82, 2.24) is 5.17 Å². The number of rotatable bonds is 7. The molecule has 1 aromatic carbocycles. The predicted molar refractivity (Wildman–Crippen MR) is 86.6 cm³/mol. The van der Waals surface area contributed by atoms with Gasteiger partial charge in [0.05, 0.1) is 17.8 Å². The Balaban J connectivity index is 2.70. The lowest BCUT2D eigenvalue weighted by molar-refractivity contribution is -0.170. The van der Waals surface area contributed by atoms with E-state index in [9.17, 15) is 4.79 Å². The Morgan fingerprint density at radius 1 is 1.48 bits per heavy atom. The molecular weight excluding hydrogens is 324 g/mol. The normalized spacial score (nSPS) is 10.6. The molecule has 0 fully saturated rings. The van der Waals surface area contributed by atoms with Crippen LogP contribution < -0.4 is 10.5 Å². The molecule has 0 amide bonds. The first kappa shape index (κ1) is 18.7. The lowest BCUT2D eigenvalue weighted by atomic mass is 10.2. The molecule has 0 aliphatic rings. The number of guanidine groups is 1. The number of hydrogen-bond donors (Lipinski definition) is 2. The van der Waals surface area contributed by atoms with E-state index in [1.165, 1.54) is 13.1 Å². The molecule has 0 heterocycles. The Bertz CT molecular complexity index is 580. The molecule has 0 aliphatic heterocycles. The number of nitrogens with two attached hydrogens (primary N) is 1. The molecule has 23 heavy (non-hydrogen) atoms. The second-order valence-corrected chi connectivity index (χ2v) is 4.63. The van der Waals surface area contributed by atoms with E-state index in [1.807, 2.05) is 6.92 Å². The van der Waals surface area contributed by atoms with E-state index in [4.69, 9.17) is 32.2 Å². The van der Waals surface area contributed by atoms with Gasteiger partial charge in [0.1, 0.15) is 12.4 Å². The summed E-state index contributed by atoms with van der Waals surface area (Å²) in [7, 11) is 0. The van der Waals surface area contributed by atoms with Gasteiger partial charge in [-0.25, -0.2) is 4.79 Å². The van der Waals surface area contributed by atoms with Crippen molar-refractivity contribution >= 4 is 29.7 Å². The average molecular weight is 343 g/mol. The van der Waals surface area contributed by atoms with Crippen LogP contribution in [0.4, 0.5) is 0 Å². The molecule has 0 radical (unpaired) electrons. The maximum atomic E-state index is 10.9. The molecule has 8 nitrogen and oxygen atoms in total. The summed E-state index contributed by atoms with van der Waals surface area (Å²) in [5.74, 6) is -0.654. The minimum absolute atomic E-state index is 0.394. The minimum atomic E-state index is -0.645. The van der Waals surface area contributed by atoms with Gasteiger partial charge >= 0.3 is 5.97 Å². The molecule has 0 unspecified atom stereocenters. The number of carbonyl (C=O) groups is 1. The molecule has 0 spiro atoms. The van der Waals surface area contributed by atoms with Crippen LogP contribution in [0.5, 0.6) is 5.75 Å². The van der Waals surface area contributed by atoms with Crippen LogP contribution >= 0.6 is 11.6 Å². The molecule has 0 aliphatic carbocycles. The molecule has 0 bridgehead atoms. The van der Waals surface area contributed by atoms with Crippen LogP contribution in [0, 0.1) is 5.41 Å². The number of nitrogens with zero attached hydrogens (tertiary/aromatic N) is 2. The monoisotopic (exact) mass is 342 g/mol. The number of hydrazone groups is 1. The Morgan fingerprint density at radius 2 is 2.22 bits per heavy atom. The van der Waals surface area contributed by atoms with Gasteiger partial charge in [0.15, 0.2) is 0 Å². The Kier molecular flexibility index (Phi) is 7.86. The standard InChI is InChI=1S/C14H19ClN4O4/c1-3-21-6-7-22-13-5-4-11(8-12(13)15)9-18-19(14(16)17)23-10(2)20/h4-5,8-9H,3,6-7H2,1-2H3,(H3,16,17)/b18-9+. The predicted octanol–water partition coefficient (Wildman–Crippen LogP) is 1.76. The van der Waals surface area contributed by atoms with Gasteiger partial charge < -0.3 is 20.0 Å². The fourth-order valence-electron chi connectivity index (χ4n) is 1.45. The van der Waals surface area contributed by atoms with Crippen LogP contribution in [-0.4, -0.2) is 43.1 Å². The fraction of sp³-hybridized carbons (Fsp3) is 0.357. The van der Waals surface area contributed by atoms with E-state index >= 15 is 0 Å². The number of nitrogens with one attached hydrogen (secondary N) is 1. The Morgan fingerprint density at radius 3 is 2.78 bits per heavy atom. The van der Waals surface area contributed by atoms with Crippen LogP contribution in [0.3, 0.4) is 0 Å². The summed E-state index contributed by atoms with van der Waals surface area (Å²) in [5.41, 5.74) is 5.86. The zero-order valence-electron chi connectivity index (χ0n) is 12.9.